The molecule has 1 aromatic carbocycles. The van der Waals surface area contributed by atoms with Crippen LogP contribution in [-0.2, 0) is 6.42 Å². The van der Waals surface area contributed by atoms with Crippen molar-refractivity contribution in [1.82, 2.24) is 0 Å². The van der Waals surface area contributed by atoms with Crippen LogP contribution >= 0.6 is 0 Å². The lowest BCUT2D eigenvalue weighted by atomic mass is 9.99. The van der Waals surface area contributed by atoms with E-state index in [0.29, 0.717) is 0 Å². The van der Waals surface area contributed by atoms with Crippen molar-refractivity contribution in [3.05, 3.63) is 23.8 Å². The molecule has 0 atom stereocenters. The Morgan fingerprint density at radius 1 is 1.11 bits per heavy atom. The SMILES string of the molecule is CCCCCCCCN1CCCc2c(N)cccc21. The van der Waals surface area contributed by atoms with Crippen LogP contribution in [0.5, 0.6) is 0 Å². The van der Waals surface area contributed by atoms with Gasteiger partial charge >= 0.3 is 0 Å². The molecule has 1 aliphatic heterocycles. The average molecular weight is 260 g/mol. The van der Waals surface area contributed by atoms with E-state index in [0.717, 1.165) is 12.1 Å². The summed E-state index contributed by atoms with van der Waals surface area (Å²) in [5, 5.41) is 0. The van der Waals surface area contributed by atoms with Crippen LogP contribution in [0.2, 0.25) is 0 Å². The van der Waals surface area contributed by atoms with Crippen LogP contribution in [0.1, 0.15) is 57.4 Å². The Kier molecular flexibility index (Phi) is 5.56. The molecule has 0 saturated heterocycles. The van der Waals surface area contributed by atoms with Crippen LogP contribution < -0.4 is 10.6 Å². The number of hydrogen-bond acceptors (Lipinski definition) is 2. The predicted molar refractivity (Wildman–Crippen MR) is 84.8 cm³/mol. The first kappa shape index (κ1) is 14.2. The van der Waals surface area contributed by atoms with Gasteiger partial charge in [-0.05, 0) is 37.0 Å². The van der Waals surface area contributed by atoms with Gasteiger partial charge < -0.3 is 10.6 Å². The van der Waals surface area contributed by atoms with Gasteiger partial charge in [0.2, 0.25) is 0 Å². The van der Waals surface area contributed by atoms with Crippen LogP contribution in [-0.4, -0.2) is 13.1 Å². The zero-order valence-electron chi connectivity index (χ0n) is 12.3. The number of unbranched alkanes of at least 4 members (excludes halogenated alkanes) is 5. The largest absolute Gasteiger partial charge is 0.398 e. The molecule has 2 rings (SSSR count). The van der Waals surface area contributed by atoms with Crippen molar-refractivity contribution in [3.8, 4) is 0 Å². The van der Waals surface area contributed by atoms with Gasteiger partial charge in [-0.15, -0.1) is 0 Å². The number of hydrogen-bond donors (Lipinski definition) is 1. The Balaban J connectivity index is 1.81. The van der Waals surface area contributed by atoms with Crippen molar-refractivity contribution in [3.63, 3.8) is 0 Å². The maximum absolute atomic E-state index is 6.09. The summed E-state index contributed by atoms with van der Waals surface area (Å²) in [6, 6.07) is 6.36. The molecule has 0 saturated carbocycles. The highest BCUT2D eigenvalue weighted by Gasteiger charge is 2.17. The minimum atomic E-state index is 0.977. The summed E-state index contributed by atoms with van der Waals surface area (Å²) in [5.74, 6) is 0. The zero-order valence-corrected chi connectivity index (χ0v) is 12.3. The van der Waals surface area contributed by atoms with E-state index in [-0.39, 0.29) is 0 Å². The molecule has 106 valence electrons. The standard InChI is InChI=1S/C17H28N2/c1-2-3-4-5-6-7-13-19-14-9-10-15-16(18)11-8-12-17(15)19/h8,11-12H,2-7,9-10,13-14,18H2,1H3. The van der Waals surface area contributed by atoms with Crippen molar-refractivity contribution < 1.29 is 0 Å². The highest BCUT2D eigenvalue weighted by Crippen LogP contribution is 2.31. The smallest absolute Gasteiger partial charge is 0.0419 e. The first-order chi connectivity index (χ1) is 9.33. The van der Waals surface area contributed by atoms with Crippen LogP contribution in [0.15, 0.2) is 18.2 Å². The van der Waals surface area contributed by atoms with Gasteiger partial charge in [-0.1, -0.05) is 45.1 Å². The Labute approximate surface area is 118 Å². The highest BCUT2D eigenvalue weighted by atomic mass is 15.1. The molecule has 2 N–H and O–H groups in total. The van der Waals surface area contributed by atoms with Gasteiger partial charge in [-0.25, -0.2) is 0 Å². The molecule has 0 unspecified atom stereocenters. The first-order valence-corrected chi connectivity index (χ1v) is 7.95. The minimum absolute atomic E-state index is 0.977. The number of nitrogens with zero attached hydrogens (tertiary/aromatic N) is 1. The lowest BCUT2D eigenvalue weighted by Gasteiger charge is -2.32. The average Bonchev–Trinajstić information content (AvgIpc) is 2.43. The molecular weight excluding hydrogens is 232 g/mol. The van der Waals surface area contributed by atoms with Gasteiger partial charge in [-0.2, -0.15) is 0 Å². The Bertz CT molecular complexity index is 387. The molecule has 0 aliphatic carbocycles. The van der Waals surface area contributed by atoms with Crippen molar-refractivity contribution >= 4 is 11.4 Å². The fourth-order valence-electron chi connectivity index (χ4n) is 3.04. The number of rotatable bonds is 7. The van der Waals surface area contributed by atoms with Gasteiger partial charge in [0.1, 0.15) is 0 Å². The summed E-state index contributed by atoms with van der Waals surface area (Å²) < 4.78 is 0. The molecule has 1 aromatic rings. The summed E-state index contributed by atoms with van der Waals surface area (Å²) in [5.41, 5.74) is 9.83. The topological polar surface area (TPSA) is 29.3 Å². The first-order valence-electron chi connectivity index (χ1n) is 7.95. The molecule has 2 nitrogen and oxygen atoms in total. The van der Waals surface area contributed by atoms with Crippen LogP contribution in [0.4, 0.5) is 11.4 Å². The van der Waals surface area contributed by atoms with Gasteiger partial charge in [0, 0.05) is 24.5 Å². The van der Waals surface area contributed by atoms with Crippen molar-refractivity contribution in [1.29, 1.82) is 0 Å². The van der Waals surface area contributed by atoms with Gasteiger partial charge in [-0.3, -0.25) is 0 Å². The third-order valence-corrected chi connectivity index (χ3v) is 4.16. The van der Waals surface area contributed by atoms with Crippen LogP contribution in [0.3, 0.4) is 0 Å². The highest BCUT2D eigenvalue weighted by molar-refractivity contribution is 5.66. The number of anilines is 2. The van der Waals surface area contributed by atoms with Crippen molar-refractivity contribution in [2.75, 3.05) is 23.7 Å². The second kappa shape index (κ2) is 7.42. The van der Waals surface area contributed by atoms with E-state index in [1.165, 1.54) is 69.3 Å². The molecular formula is C17H28N2. The second-order valence-electron chi connectivity index (χ2n) is 5.70. The molecule has 0 bridgehead atoms. The Morgan fingerprint density at radius 2 is 1.89 bits per heavy atom. The quantitative estimate of drug-likeness (QED) is 0.582. The molecule has 2 heteroatoms. The van der Waals surface area contributed by atoms with Gasteiger partial charge in [0.25, 0.3) is 0 Å². The molecule has 0 radical (unpaired) electrons. The normalized spacial score (nSPS) is 14.5. The fourth-order valence-corrected chi connectivity index (χ4v) is 3.04. The number of fused-ring (bicyclic) bond motifs is 1. The maximum Gasteiger partial charge on any atom is 0.0419 e. The number of benzene rings is 1. The van der Waals surface area contributed by atoms with Crippen molar-refractivity contribution in [2.24, 2.45) is 0 Å². The monoisotopic (exact) mass is 260 g/mol. The summed E-state index contributed by atoms with van der Waals surface area (Å²) in [6.45, 7) is 4.67. The molecule has 1 aliphatic rings. The maximum atomic E-state index is 6.09. The molecule has 1 heterocycles. The predicted octanol–water partition coefficient (Wildman–Crippen LogP) is 4.38. The van der Waals surface area contributed by atoms with E-state index in [4.69, 9.17) is 5.73 Å². The van der Waals surface area contributed by atoms with E-state index < -0.39 is 0 Å². The van der Waals surface area contributed by atoms with Crippen molar-refractivity contribution in [2.45, 2.75) is 58.3 Å². The summed E-state index contributed by atoms with van der Waals surface area (Å²) in [4.78, 5) is 2.54. The minimum Gasteiger partial charge on any atom is -0.398 e. The molecule has 0 amide bonds. The third kappa shape index (κ3) is 3.89. The third-order valence-electron chi connectivity index (χ3n) is 4.16. The zero-order chi connectivity index (χ0) is 13.5. The van der Waals surface area contributed by atoms with E-state index in [1.54, 1.807) is 0 Å². The van der Waals surface area contributed by atoms with E-state index >= 15 is 0 Å². The summed E-state index contributed by atoms with van der Waals surface area (Å²) in [6.07, 6.45) is 10.6. The van der Waals surface area contributed by atoms with Crippen LogP contribution in [0, 0.1) is 0 Å². The molecule has 0 fully saturated rings. The second-order valence-corrected chi connectivity index (χ2v) is 5.70. The lowest BCUT2D eigenvalue weighted by Crippen LogP contribution is -2.30. The van der Waals surface area contributed by atoms with Gasteiger partial charge in [0.15, 0.2) is 0 Å². The van der Waals surface area contributed by atoms with E-state index in [1.807, 2.05) is 6.07 Å². The summed E-state index contributed by atoms with van der Waals surface area (Å²) >= 11 is 0. The lowest BCUT2D eigenvalue weighted by molar-refractivity contribution is 0.588. The molecule has 0 spiro atoms. The number of nitrogen functional groups attached to an aromatic ring is 1. The van der Waals surface area contributed by atoms with Crippen LogP contribution in [0.25, 0.3) is 0 Å². The number of nitrogens with two attached hydrogens (primary N) is 1. The summed E-state index contributed by atoms with van der Waals surface area (Å²) in [7, 11) is 0. The van der Waals surface area contributed by atoms with E-state index in [2.05, 4.69) is 24.0 Å². The fraction of sp³-hybridized carbons (Fsp3) is 0.647. The Hall–Kier alpha value is -1.18. The molecule has 0 aromatic heterocycles. The Morgan fingerprint density at radius 3 is 2.74 bits per heavy atom. The van der Waals surface area contributed by atoms with Gasteiger partial charge in [0.05, 0.1) is 0 Å². The van der Waals surface area contributed by atoms with E-state index in [9.17, 15) is 0 Å². The molecule has 19 heavy (non-hydrogen) atoms.